The van der Waals surface area contributed by atoms with E-state index in [0.29, 0.717) is 24.1 Å². The van der Waals surface area contributed by atoms with E-state index in [1.54, 1.807) is 12.4 Å². The maximum atomic E-state index is 12.5. The van der Waals surface area contributed by atoms with Crippen LogP contribution in [-0.4, -0.2) is 31.3 Å². The second kappa shape index (κ2) is 8.27. The number of hydrogen-bond acceptors (Lipinski definition) is 5. The summed E-state index contributed by atoms with van der Waals surface area (Å²) in [4.78, 5) is 16.6. The van der Waals surface area contributed by atoms with Crippen LogP contribution >= 0.6 is 11.8 Å². The average molecular weight is 393 g/mol. The molecule has 3 aromatic rings. The number of carbonyl (C=O) groups is 1. The molecule has 0 aliphatic heterocycles. The first-order chi connectivity index (χ1) is 13.6. The molecule has 0 spiro atoms. The molecule has 2 heterocycles. The Labute approximate surface area is 169 Å². The van der Waals surface area contributed by atoms with Gasteiger partial charge >= 0.3 is 0 Å². The SMILES string of the molecule is CC(C)c1ccc(CC(=O)CSc2nnc(-c3ccncc3)n2C2CC2)cc1. The number of pyridine rings is 1. The molecular formula is C22H24N4OS. The Hall–Kier alpha value is -2.47. The summed E-state index contributed by atoms with van der Waals surface area (Å²) in [6, 6.07) is 12.7. The minimum Gasteiger partial charge on any atom is -0.299 e. The summed E-state index contributed by atoms with van der Waals surface area (Å²) >= 11 is 1.49. The first kappa shape index (κ1) is 18.9. The Balaban J connectivity index is 1.42. The van der Waals surface area contributed by atoms with Crippen molar-refractivity contribution in [1.29, 1.82) is 0 Å². The van der Waals surface area contributed by atoms with E-state index in [9.17, 15) is 4.79 Å². The first-order valence-corrected chi connectivity index (χ1v) is 10.7. The van der Waals surface area contributed by atoms with Gasteiger partial charge in [-0.25, -0.2) is 0 Å². The highest BCUT2D eigenvalue weighted by Gasteiger charge is 2.30. The van der Waals surface area contributed by atoms with Gasteiger partial charge in [-0.05, 0) is 42.0 Å². The van der Waals surface area contributed by atoms with E-state index in [-0.39, 0.29) is 5.78 Å². The number of carbonyl (C=O) groups excluding carboxylic acids is 1. The van der Waals surface area contributed by atoms with Crippen LogP contribution in [-0.2, 0) is 11.2 Å². The fraction of sp³-hybridized carbons (Fsp3) is 0.364. The third kappa shape index (κ3) is 4.33. The van der Waals surface area contributed by atoms with Crippen LogP contribution in [0.1, 0.15) is 49.8 Å². The minimum atomic E-state index is 0.207. The topological polar surface area (TPSA) is 60.7 Å². The van der Waals surface area contributed by atoms with Crippen LogP contribution < -0.4 is 0 Å². The van der Waals surface area contributed by atoms with Gasteiger partial charge in [0, 0.05) is 30.4 Å². The molecule has 4 rings (SSSR count). The standard InChI is InChI=1S/C22H24N4OS/c1-15(2)17-5-3-16(4-6-17)13-20(27)14-28-22-25-24-21(26(22)19-7-8-19)18-9-11-23-12-10-18/h3-6,9-12,15,19H,7-8,13-14H2,1-2H3. The molecule has 1 fully saturated rings. The highest BCUT2D eigenvalue weighted by atomic mass is 32.2. The number of Topliss-reactive ketones (excluding diaryl/α,β-unsaturated/α-hetero) is 1. The van der Waals surface area contributed by atoms with Crippen LogP contribution in [0.3, 0.4) is 0 Å². The Morgan fingerprint density at radius 2 is 1.82 bits per heavy atom. The summed E-state index contributed by atoms with van der Waals surface area (Å²) in [5.41, 5.74) is 3.38. The normalized spacial score (nSPS) is 13.8. The van der Waals surface area contributed by atoms with Gasteiger partial charge in [0.15, 0.2) is 11.0 Å². The van der Waals surface area contributed by atoms with Gasteiger partial charge in [0.1, 0.15) is 5.78 Å². The summed E-state index contributed by atoms with van der Waals surface area (Å²) < 4.78 is 2.19. The fourth-order valence-electron chi connectivity index (χ4n) is 3.18. The molecule has 1 saturated carbocycles. The van der Waals surface area contributed by atoms with Crippen LogP contribution in [0, 0.1) is 0 Å². The largest absolute Gasteiger partial charge is 0.299 e. The Morgan fingerprint density at radius 1 is 1.11 bits per heavy atom. The molecule has 0 N–H and O–H groups in total. The van der Waals surface area contributed by atoms with Crippen molar-refractivity contribution in [2.45, 2.75) is 50.2 Å². The molecule has 144 valence electrons. The second-order valence-corrected chi connectivity index (χ2v) is 8.49. The van der Waals surface area contributed by atoms with Crippen molar-refractivity contribution in [2.24, 2.45) is 0 Å². The van der Waals surface area contributed by atoms with E-state index in [1.165, 1.54) is 17.3 Å². The van der Waals surface area contributed by atoms with E-state index in [2.05, 4.69) is 57.9 Å². The molecule has 0 bridgehead atoms. The molecule has 28 heavy (non-hydrogen) atoms. The van der Waals surface area contributed by atoms with Crippen molar-refractivity contribution in [2.75, 3.05) is 5.75 Å². The van der Waals surface area contributed by atoms with Gasteiger partial charge in [-0.2, -0.15) is 0 Å². The molecule has 1 aliphatic carbocycles. The number of aromatic nitrogens is 4. The van der Waals surface area contributed by atoms with E-state index < -0.39 is 0 Å². The van der Waals surface area contributed by atoms with Crippen LogP contribution in [0.25, 0.3) is 11.4 Å². The van der Waals surface area contributed by atoms with Gasteiger partial charge in [0.05, 0.1) is 5.75 Å². The number of rotatable bonds is 8. The summed E-state index contributed by atoms with van der Waals surface area (Å²) in [6.07, 6.45) is 6.27. The third-order valence-corrected chi connectivity index (χ3v) is 5.93. The minimum absolute atomic E-state index is 0.207. The van der Waals surface area contributed by atoms with Crippen molar-refractivity contribution in [3.63, 3.8) is 0 Å². The summed E-state index contributed by atoms with van der Waals surface area (Å²) in [5.74, 6) is 1.98. The molecule has 2 aromatic heterocycles. The van der Waals surface area contributed by atoms with Crippen molar-refractivity contribution in [1.82, 2.24) is 19.7 Å². The fourth-order valence-corrected chi connectivity index (χ4v) is 4.04. The molecule has 0 amide bonds. The van der Waals surface area contributed by atoms with Crippen LogP contribution in [0.4, 0.5) is 0 Å². The lowest BCUT2D eigenvalue weighted by Gasteiger charge is -2.09. The highest BCUT2D eigenvalue weighted by molar-refractivity contribution is 7.99. The van der Waals surface area contributed by atoms with E-state index in [4.69, 9.17) is 0 Å². The number of benzene rings is 1. The van der Waals surface area contributed by atoms with Crippen LogP contribution in [0.2, 0.25) is 0 Å². The van der Waals surface area contributed by atoms with Crippen LogP contribution in [0.15, 0.2) is 53.9 Å². The van der Waals surface area contributed by atoms with Gasteiger partial charge in [-0.15, -0.1) is 10.2 Å². The summed E-state index contributed by atoms with van der Waals surface area (Å²) in [5, 5.41) is 9.59. The average Bonchev–Trinajstić information content (AvgIpc) is 3.46. The lowest BCUT2D eigenvalue weighted by atomic mass is 10.0. The van der Waals surface area contributed by atoms with Gasteiger partial charge < -0.3 is 0 Å². The molecule has 0 atom stereocenters. The van der Waals surface area contributed by atoms with Gasteiger partial charge in [0.2, 0.25) is 0 Å². The Kier molecular flexibility index (Phi) is 5.57. The third-order valence-electron chi connectivity index (χ3n) is 4.93. The number of thioether (sulfide) groups is 1. The Bertz CT molecular complexity index is 946. The van der Waals surface area contributed by atoms with Gasteiger partial charge in [-0.3, -0.25) is 14.3 Å². The van der Waals surface area contributed by atoms with E-state index in [1.807, 2.05) is 12.1 Å². The zero-order valence-corrected chi connectivity index (χ0v) is 17.0. The predicted octanol–water partition coefficient (Wildman–Crippen LogP) is 4.70. The van der Waals surface area contributed by atoms with Crippen molar-refractivity contribution < 1.29 is 4.79 Å². The maximum Gasteiger partial charge on any atom is 0.192 e. The number of nitrogens with zero attached hydrogens (tertiary/aromatic N) is 4. The van der Waals surface area contributed by atoms with E-state index >= 15 is 0 Å². The summed E-state index contributed by atoms with van der Waals surface area (Å²) in [6.45, 7) is 4.35. The quantitative estimate of drug-likeness (QED) is 0.520. The molecule has 6 heteroatoms. The zero-order valence-electron chi connectivity index (χ0n) is 16.2. The molecule has 0 radical (unpaired) electrons. The molecule has 0 unspecified atom stereocenters. The highest BCUT2D eigenvalue weighted by Crippen LogP contribution is 2.41. The summed E-state index contributed by atoms with van der Waals surface area (Å²) in [7, 11) is 0. The second-order valence-electron chi connectivity index (χ2n) is 7.54. The molecule has 5 nitrogen and oxygen atoms in total. The maximum absolute atomic E-state index is 12.5. The monoisotopic (exact) mass is 392 g/mol. The van der Waals surface area contributed by atoms with Crippen molar-refractivity contribution >= 4 is 17.5 Å². The van der Waals surface area contributed by atoms with Crippen molar-refractivity contribution in [3.8, 4) is 11.4 Å². The Morgan fingerprint density at radius 3 is 2.46 bits per heavy atom. The van der Waals surface area contributed by atoms with Crippen molar-refractivity contribution in [3.05, 3.63) is 59.9 Å². The molecule has 1 aliphatic rings. The first-order valence-electron chi connectivity index (χ1n) is 9.70. The van der Waals surface area contributed by atoms with Crippen LogP contribution in [0.5, 0.6) is 0 Å². The van der Waals surface area contributed by atoms with E-state index in [0.717, 1.165) is 34.9 Å². The number of hydrogen-bond donors (Lipinski definition) is 0. The lowest BCUT2D eigenvalue weighted by Crippen LogP contribution is -2.07. The molecular weight excluding hydrogens is 368 g/mol. The predicted molar refractivity (Wildman–Crippen MR) is 111 cm³/mol. The lowest BCUT2D eigenvalue weighted by molar-refractivity contribution is -0.116. The zero-order chi connectivity index (χ0) is 19.5. The van der Waals surface area contributed by atoms with Gasteiger partial charge in [0.25, 0.3) is 0 Å². The van der Waals surface area contributed by atoms with Gasteiger partial charge in [-0.1, -0.05) is 49.9 Å². The smallest absolute Gasteiger partial charge is 0.192 e. The molecule has 1 aromatic carbocycles. The number of ketones is 1. The molecule has 0 saturated heterocycles.